The summed E-state index contributed by atoms with van der Waals surface area (Å²) in [6.07, 6.45) is 1.49. The van der Waals surface area contributed by atoms with Crippen LogP contribution in [-0.4, -0.2) is 14.6 Å². The molecule has 5 nitrogen and oxygen atoms in total. The summed E-state index contributed by atoms with van der Waals surface area (Å²) in [5.41, 5.74) is 3.23. The van der Waals surface area contributed by atoms with E-state index >= 15 is 0 Å². The molecule has 1 heterocycles. The molecular weight excluding hydrogens is 262 g/mol. The second-order valence-corrected chi connectivity index (χ2v) is 4.36. The van der Waals surface area contributed by atoms with Crippen LogP contribution in [0.5, 0.6) is 0 Å². The van der Waals surface area contributed by atoms with Gasteiger partial charge in [0.25, 0.3) is 5.56 Å². The summed E-state index contributed by atoms with van der Waals surface area (Å²) in [5.74, 6) is 0. The van der Waals surface area contributed by atoms with Crippen molar-refractivity contribution in [1.82, 2.24) is 9.13 Å². The average Bonchev–Trinajstić information content (AvgIpc) is 2.38. The van der Waals surface area contributed by atoms with Crippen LogP contribution in [0.2, 0.25) is 0 Å². The molecule has 0 aliphatic rings. The van der Waals surface area contributed by atoms with Gasteiger partial charge in [0.15, 0.2) is 0 Å². The van der Waals surface area contributed by atoms with Gasteiger partial charge in [-0.1, -0.05) is 12.2 Å². The molecule has 0 spiro atoms. The molecule has 0 fully saturated rings. The molecule has 1 N–H and O–H groups in total. The third kappa shape index (κ3) is 2.48. The van der Waals surface area contributed by atoms with Crippen LogP contribution in [0.1, 0.15) is 5.56 Å². The number of rotatable bonds is 3. The largest absolute Gasteiger partial charge is 0.353 e. The maximum absolute atomic E-state index is 12.0. The van der Waals surface area contributed by atoms with E-state index in [1.54, 1.807) is 0 Å². The van der Waals surface area contributed by atoms with Crippen molar-refractivity contribution >= 4 is 23.4 Å². The van der Waals surface area contributed by atoms with Crippen molar-refractivity contribution in [2.24, 2.45) is 7.05 Å². The molecule has 98 valence electrons. The van der Waals surface area contributed by atoms with E-state index < -0.39 is 0 Å². The predicted octanol–water partition coefficient (Wildman–Crippen LogP) is 1.21. The smallest absolute Gasteiger partial charge is 0.335 e. The first-order valence-electron chi connectivity index (χ1n) is 5.64. The maximum Gasteiger partial charge on any atom is 0.335 e. The summed E-state index contributed by atoms with van der Waals surface area (Å²) in [6, 6.07) is 6.88. The van der Waals surface area contributed by atoms with Gasteiger partial charge in [-0.25, -0.2) is 4.79 Å². The molecular formula is C13H13N3O2S. The molecule has 0 saturated heterocycles. The van der Waals surface area contributed by atoms with Crippen molar-refractivity contribution in [2.45, 2.75) is 6.92 Å². The topological polar surface area (TPSA) is 56.0 Å². The minimum absolute atomic E-state index is 0.321. The van der Waals surface area contributed by atoms with Crippen LogP contribution in [0.25, 0.3) is 5.69 Å². The SMILES string of the molecule is Cc1cc(NC=S)ccc1-n1ccc(=O)n(C)c1=O. The van der Waals surface area contributed by atoms with E-state index in [9.17, 15) is 9.59 Å². The van der Waals surface area contributed by atoms with Crippen LogP contribution < -0.4 is 16.6 Å². The van der Waals surface area contributed by atoms with Crippen molar-refractivity contribution < 1.29 is 0 Å². The Hall–Kier alpha value is -2.21. The van der Waals surface area contributed by atoms with Gasteiger partial charge in [-0.3, -0.25) is 13.9 Å². The van der Waals surface area contributed by atoms with Crippen molar-refractivity contribution in [3.8, 4) is 5.69 Å². The molecule has 0 aliphatic heterocycles. The molecule has 0 saturated carbocycles. The van der Waals surface area contributed by atoms with E-state index in [2.05, 4.69) is 5.32 Å². The average molecular weight is 275 g/mol. The number of nitrogens with zero attached hydrogens (tertiary/aromatic N) is 2. The fraction of sp³-hybridized carbons (Fsp3) is 0.154. The number of hydrogen-bond acceptors (Lipinski definition) is 3. The first-order chi connectivity index (χ1) is 9.04. The van der Waals surface area contributed by atoms with E-state index in [-0.39, 0.29) is 11.2 Å². The quantitative estimate of drug-likeness (QED) is 0.856. The van der Waals surface area contributed by atoms with E-state index in [1.807, 2.05) is 25.1 Å². The molecule has 0 atom stereocenters. The molecule has 0 radical (unpaired) electrons. The highest BCUT2D eigenvalue weighted by molar-refractivity contribution is 7.79. The maximum atomic E-state index is 12.0. The van der Waals surface area contributed by atoms with Gasteiger partial charge in [-0.2, -0.15) is 0 Å². The van der Waals surface area contributed by atoms with Crippen LogP contribution in [-0.2, 0) is 7.05 Å². The van der Waals surface area contributed by atoms with Crippen molar-refractivity contribution in [1.29, 1.82) is 0 Å². The third-order valence-electron chi connectivity index (χ3n) is 2.87. The van der Waals surface area contributed by atoms with Crippen molar-refractivity contribution in [3.63, 3.8) is 0 Å². The lowest BCUT2D eigenvalue weighted by molar-refractivity contribution is 0.727. The normalized spacial score (nSPS) is 10.2. The monoisotopic (exact) mass is 275 g/mol. The number of thiocarbonyl (C=S) groups is 1. The number of nitrogens with one attached hydrogen (secondary N) is 1. The molecule has 1 aromatic heterocycles. The Morgan fingerprint density at radius 2 is 2.00 bits per heavy atom. The Bertz CT molecular complexity index is 746. The standard InChI is InChI=1S/C13H13N3O2S/c1-9-7-10(14-8-19)3-4-11(9)16-6-5-12(17)15(2)13(16)18/h3-8H,1-2H3,(H,14,19). The van der Waals surface area contributed by atoms with Crippen molar-refractivity contribution in [2.75, 3.05) is 5.32 Å². The predicted molar refractivity (Wildman–Crippen MR) is 79.3 cm³/mol. The Labute approximate surface area is 115 Å². The number of anilines is 1. The fourth-order valence-electron chi connectivity index (χ4n) is 1.84. The summed E-state index contributed by atoms with van der Waals surface area (Å²) < 4.78 is 2.51. The van der Waals surface area contributed by atoms with Gasteiger partial charge in [-0.05, 0) is 30.7 Å². The Kier molecular flexibility index (Phi) is 3.62. The molecule has 2 aromatic rings. The summed E-state index contributed by atoms with van der Waals surface area (Å²) in [4.78, 5) is 23.4. The lowest BCUT2D eigenvalue weighted by Gasteiger charge is -2.11. The van der Waals surface area contributed by atoms with Crippen molar-refractivity contribution in [3.05, 3.63) is 56.9 Å². The summed E-state index contributed by atoms with van der Waals surface area (Å²) in [6.45, 7) is 1.89. The van der Waals surface area contributed by atoms with E-state index in [0.717, 1.165) is 21.5 Å². The molecule has 2 rings (SSSR count). The van der Waals surface area contributed by atoms with E-state index in [1.165, 1.54) is 29.4 Å². The highest BCUT2D eigenvalue weighted by atomic mass is 32.1. The second-order valence-electron chi connectivity index (χ2n) is 4.13. The molecule has 0 unspecified atom stereocenters. The Morgan fingerprint density at radius 3 is 2.63 bits per heavy atom. The molecule has 6 heteroatoms. The summed E-state index contributed by atoms with van der Waals surface area (Å²) >= 11 is 4.73. The van der Waals surface area contributed by atoms with Gasteiger partial charge >= 0.3 is 5.69 Å². The number of aromatic nitrogens is 2. The minimum atomic E-state index is -0.369. The molecule has 19 heavy (non-hydrogen) atoms. The van der Waals surface area contributed by atoms with Crippen LogP contribution >= 0.6 is 12.2 Å². The van der Waals surface area contributed by atoms with E-state index in [4.69, 9.17) is 12.2 Å². The Balaban J connectivity index is 2.60. The highest BCUT2D eigenvalue weighted by Crippen LogP contribution is 2.17. The summed E-state index contributed by atoms with van der Waals surface area (Å²) in [7, 11) is 1.46. The number of aryl methyl sites for hydroxylation is 1. The van der Waals surface area contributed by atoms with Gasteiger partial charge < -0.3 is 5.32 Å². The van der Waals surface area contributed by atoms with Gasteiger partial charge in [0.2, 0.25) is 0 Å². The molecule has 0 amide bonds. The number of hydrogen-bond donors (Lipinski definition) is 1. The number of benzene rings is 1. The minimum Gasteiger partial charge on any atom is -0.353 e. The van der Waals surface area contributed by atoms with Gasteiger partial charge in [0, 0.05) is 25.0 Å². The Morgan fingerprint density at radius 1 is 1.26 bits per heavy atom. The second kappa shape index (κ2) is 5.19. The van der Waals surface area contributed by atoms with Gasteiger partial charge in [0.1, 0.15) is 0 Å². The zero-order valence-electron chi connectivity index (χ0n) is 10.6. The van der Waals surface area contributed by atoms with Crippen LogP contribution in [0.15, 0.2) is 40.1 Å². The lowest BCUT2D eigenvalue weighted by atomic mass is 10.1. The van der Waals surface area contributed by atoms with Crippen LogP contribution in [0, 0.1) is 6.92 Å². The van der Waals surface area contributed by atoms with Gasteiger partial charge in [-0.15, -0.1) is 0 Å². The van der Waals surface area contributed by atoms with Crippen LogP contribution in [0.4, 0.5) is 5.69 Å². The lowest BCUT2D eigenvalue weighted by Crippen LogP contribution is -2.36. The van der Waals surface area contributed by atoms with E-state index in [0.29, 0.717) is 0 Å². The summed E-state index contributed by atoms with van der Waals surface area (Å²) in [5, 5.41) is 2.91. The zero-order valence-corrected chi connectivity index (χ0v) is 11.4. The molecule has 1 aromatic carbocycles. The first kappa shape index (κ1) is 13.2. The molecule has 0 bridgehead atoms. The van der Waals surface area contributed by atoms with Gasteiger partial charge in [0.05, 0.1) is 11.2 Å². The fourth-order valence-corrected chi connectivity index (χ4v) is 1.97. The molecule has 0 aliphatic carbocycles. The zero-order chi connectivity index (χ0) is 14.0. The third-order valence-corrected chi connectivity index (χ3v) is 2.99. The highest BCUT2D eigenvalue weighted by Gasteiger charge is 2.06. The van der Waals surface area contributed by atoms with Crippen LogP contribution in [0.3, 0.4) is 0 Å². The first-order valence-corrected chi connectivity index (χ1v) is 6.11.